The maximum Gasteiger partial charge on any atom is 0.220 e. The number of hydrogen-bond donors (Lipinski definition) is 6. The van der Waals surface area contributed by atoms with Gasteiger partial charge in [0.2, 0.25) is 5.91 Å². The summed E-state index contributed by atoms with van der Waals surface area (Å²) in [5.74, 6) is -0.188. The van der Waals surface area contributed by atoms with Crippen molar-refractivity contribution >= 4 is 5.91 Å². The van der Waals surface area contributed by atoms with E-state index in [2.05, 4.69) is 55.6 Å². The van der Waals surface area contributed by atoms with Crippen LogP contribution in [-0.4, -0.2) is 87.5 Å². The molecule has 0 aromatic heterocycles. The Morgan fingerprint density at radius 1 is 0.548 bits per heavy atom. The lowest BCUT2D eigenvalue weighted by molar-refractivity contribution is -0.302. The van der Waals surface area contributed by atoms with E-state index in [1.807, 2.05) is 6.08 Å². The number of ether oxygens (including phenoxy) is 2. The molecule has 1 rings (SSSR count). The molecule has 9 heteroatoms. The number of aliphatic hydroxyl groups is 5. The second-order valence-corrected chi connectivity index (χ2v) is 18.0. The number of rotatable bonds is 43. The minimum absolute atomic E-state index is 0.188. The summed E-state index contributed by atoms with van der Waals surface area (Å²) in [4.78, 5) is 13.0. The van der Waals surface area contributed by atoms with Gasteiger partial charge in [-0.1, -0.05) is 204 Å². The van der Waals surface area contributed by atoms with Crippen LogP contribution < -0.4 is 5.32 Å². The maximum absolute atomic E-state index is 13.0. The normalized spacial score (nSPS) is 20.7. The molecule has 1 saturated heterocycles. The van der Waals surface area contributed by atoms with E-state index in [0.29, 0.717) is 6.42 Å². The minimum Gasteiger partial charge on any atom is -0.394 e. The Hall–Kier alpha value is -1.85. The lowest BCUT2D eigenvalue weighted by Crippen LogP contribution is -2.60. The third kappa shape index (κ3) is 32.8. The van der Waals surface area contributed by atoms with E-state index in [1.165, 1.54) is 161 Å². The van der Waals surface area contributed by atoms with Crippen LogP contribution in [0.25, 0.3) is 0 Å². The van der Waals surface area contributed by atoms with Gasteiger partial charge >= 0.3 is 0 Å². The average molecular weight is 876 g/mol. The molecule has 9 nitrogen and oxygen atoms in total. The number of carbonyl (C=O) groups excluding carboxylic acids is 1. The first kappa shape index (κ1) is 58.2. The average Bonchev–Trinajstić information content (AvgIpc) is 3.27. The topological polar surface area (TPSA) is 149 Å². The summed E-state index contributed by atoms with van der Waals surface area (Å²) in [5.41, 5.74) is 0. The highest BCUT2D eigenvalue weighted by molar-refractivity contribution is 5.76. The van der Waals surface area contributed by atoms with Crippen LogP contribution in [-0.2, 0) is 14.3 Å². The lowest BCUT2D eigenvalue weighted by atomic mass is 9.99. The van der Waals surface area contributed by atoms with Crippen molar-refractivity contribution in [1.29, 1.82) is 0 Å². The highest BCUT2D eigenvalue weighted by Crippen LogP contribution is 2.23. The summed E-state index contributed by atoms with van der Waals surface area (Å²) in [6, 6.07) is -0.819. The molecule has 1 aliphatic heterocycles. The molecule has 0 aliphatic carbocycles. The van der Waals surface area contributed by atoms with Crippen molar-refractivity contribution < 1.29 is 39.8 Å². The van der Waals surface area contributed by atoms with Crippen LogP contribution in [0.5, 0.6) is 0 Å². The fourth-order valence-electron chi connectivity index (χ4n) is 7.97. The highest BCUT2D eigenvalue weighted by atomic mass is 16.7. The second-order valence-electron chi connectivity index (χ2n) is 18.0. The molecule has 0 aromatic rings. The van der Waals surface area contributed by atoms with Gasteiger partial charge in [-0.3, -0.25) is 4.79 Å². The predicted octanol–water partition coefficient (Wildman–Crippen LogP) is 11.8. The van der Waals surface area contributed by atoms with Gasteiger partial charge in [0.05, 0.1) is 25.4 Å². The molecule has 362 valence electrons. The molecule has 0 bridgehead atoms. The number of nitrogens with one attached hydrogen (secondary N) is 1. The number of unbranched alkanes of at least 4 members (excludes halogenated alkanes) is 27. The first-order valence-corrected chi connectivity index (χ1v) is 25.9. The van der Waals surface area contributed by atoms with Crippen molar-refractivity contribution in [2.45, 2.75) is 269 Å². The molecule has 0 radical (unpaired) electrons. The zero-order chi connectivity index (χ0) is 45.1. The molecule has 0 aromatic carbocycles. The SMILES string of the molecule is CCCCCC/C=C/CC/C=C/C(O)C(COC1OC(CO)C(O)C(O)C1O)NC(=O)CCCCCCCCCCCCCCCCCCC/C=C\C/C=C\CCCCCCC. The molecule has 1 amide bonds. The number of amides is 1. The number of aliphatic hydroxyl groups excluding tert-OH is 5. The van der Waals surface area contributed by atoms with E-state index in [9.17, 15) is 30.3 Å². The third-order valence-corrected chi connectivity index (χ3v) is 12.1. The van der Waals surface area contributed by atoms with Crippen LogP contribution in [0.1, 0.15) is 226 Å². The summed E-state index contributed by atoms with van der Waals surface area (Å²) in [7, 11) is 0. The van der Waals surface area contributed by atoms with Crippen LogP contribution >= 0.6 is 0 Å². The fraction of sp³-hybridized carbons (Fsp3) is 0.830. The van der Waals surface area contributed by atoms with Crippen LogP contribution in [0, 0.1) is 0 Å². The van der Waals surface area contributed by atoms with Gasteiger partial charge in [-0.15, -0.1) is 0 Å². The Balaban J connectivity index is 2.15. The highest BCUT2D eigenvalue weighted by Gasteiger charge is 2.44. The van der Waals surface area contributed by atoms with Crippen LogP contribution in [0.15, 0.2) is 48.6 Å². The van der Waals surface area contributed by atoms with E-state index in [4.69, 9.17) is 9.47 Å². The van der Waals surface area contributed by atoms with Crippen LogP contribution in [0.2, 0.25) is 0 Å². The lowest BCUT2D eigenvalue weighted by Gasteiger charge is -2.40. The Morgan fingerprint density at radius 3 is 1.47 bits per heavy atom. The van der Waals surface area contributed by atoms with Gasteiger partial charge < -0.3 is 40.3 Å². The van der Waals surface area contributed by atoms with Crippen LogP contribution in [0.3, 0.4) is 0 Å². The standard InChI is InChI=1S/C53H97NO8/c1-3-5-7-9-11-13-15-16-17-18-19-20-21-22-23-24-25-26-27-28-29-30-31-32-33-35-37-39-41-43-49(57)54-46(45-61-53-52(60)51(59)50(58)48(44-55)62-53)47(56)42-40-38-36-34-14-12-10-8-6-4-2/h14-16,18-19,34,40,42,46-48,50-53,55-56,58-60H,3-13,17,20-33,35-39,41,43-45H2,1-2H3,(H,54,57)/b16-15-,19-18-,34-14+,42-40+. The number of carbonyl (C=O) groups is 1. The smallest absolute Gasteiger partial charge is 0.220 e. The first-order chi connectivity index (χ1) is 30.3. The van der Waals surface area contributed by atoms with E-state index in [1.54, 1.807) is 6.08 Å². The van der Waals surface area contributed by atoms with Gasteiger partial charge in [0.25, 0.3) is 0 Å². The van der Waals surface area contributed by atoms with Crippen molar-refractivity contribution in [3.63, 3.8) is 0 Å². The number of allylic oxidation sites excluding steroid dienone is 7. The monoisotopic (exact) mass is 876 g/mol. The Morgan fingerprint density at radius 2 is 0.968 bits per heavy atom. The van der Waals surface area contributed by atoms with Gasteiger partial charge in [0, 0.05) is 6.42 Å². The predicted molar refractivity (Wildman–Crippen MR) is 258 cm³/mol. The quantitative estimate of drug-likeness (QED) is 0.0262. The zero-order valence-electron chi connectivity index (χ0n) is 39.9. The van der Waals surface area contributed by atoms with Crippen molar-refractivity contribution in [1.82, 2.24) is 5.32 Å². The summed E-state index contributed by atoms with van der Waals surface area (Å²) in [6.07, 6.45) is 49.0. The summed E-state index contributed by atoms with van der Waals surface area (Å²) < 4.78 is 11.2. The van der Waals surface area contributed by atoms with Crippen molar-refractivity contribution in [2.75, 3.05) is 13.2 Å². The zero-order valence-corrected chi connectivity index (χ0v) is 39.9. The van der Waals surface area contributed by atoms with Gasteiger partial charge in [-0.05, 0) is 64.2 Å². The summed E-state index contributed by atoms with van der Waals surface area (Å²) in [5, 5.41) is 54.1. The molecule has 1 aliphatic rings. The largest absolute Gasteiger partial charge is 0.394 e. The molecule has 1 fully saturated rings. The minimum atomic E-state index is -1.57. The summed E-state index contributed by atoms with van der Waals surface area (Å²) >= 11 is 0. The Kier molecular flexibility index (Phi) is 40.4. The molecular weight excluding hydrogens is 779 g/mol. The second kappa shape index (κ2) is 43.1. The molecular formula is C53H97NO8. The molecule has 1 heterocycles. The first-order valence-electron chi connectivity index (χ1n) is 25.9. The van der Waals surface area contributed by atoms with E-state index in [0.717, 1.165) is 44.9 Å². The molecule has 6 N–H and O–H groups in total. The fourth-order valence-corrected chi connectivity index (χ4v) is 7.97. The third-order valence-electron chi connectivity index (χ3n) is 12.1. The van der Waals surface area contributed by atoms with Crippen molar-refractivity contribution in [3.05, 3.63) is 48.6 Å². The Bertz CT molecular complexity index is 1110. The number of hydrogen-bond acceptors (Lipinski definition) is 8. The van der Waals surface area contributed by atoms with Crippen LogP contribution in [0.4, 0.5) is 0 Å². The van der Waals surface area contributed by atoms with E-state index >= 15 is 0 Å². The van der Waals surface area contributed by atoms with Gasteiger partial charge in [0.1, 0.15) is 24.4 Å². The van der Waals surface area contributed by atoms with Gasteiger partial charge in [-0.25, -0.2) is 0 Å². The van der Waals surface area contributed by atoms with Gasteiger partial charge in [-0.2, -0.15) is 0 Å². The van der Waals surface area contributed by atoms with E-state index < -0.39 is 49.5 Å². The molecule has 0 saturated carbocycles. The Labute approximate surface area is 380 Å². The molecule has 7 unspecified atom stereocenters. The molecule has 7 atom stereocenters. The van der Waals surface area contributed by atoms with Crippen molar-refractivity contribution in [2.24, 2.45) is 0 Å². The van der Waals surface area contributed by atoms with Gasteiger partial charge in [0.15, 0.2) is 6.29 Å². The van der Waals surface area contributed by atoms with Crippen molar-refractivity contribution in [3.8, 4) is 0 Å². The summed E-state index contributed by atoms with van der Waals surface area (Å²) in [6.45, 7) is 3.71. The maximum atomic E-state index is 13.0. The molecule has 62 heavy (non-hydrogen) atoms. The van der Waals surface area contributed by atoms with E-state index in [-0.39, 0.29) is 12.5 Å². The molecule has 0 spiro atoms.